The highest BCUT2D eigenvalue weighted by Gasteiger charge is 2.38. The van der Waals surface area contributed by atoms with Crippen LogP contribution < -0.4 is 10.6 Å². The van der Waals surface area contributed by atoms with E-state index >= 15 is 0 Å². The summed E-state index contributed by atoms with van der Waals surface area (Å²) in [6.07, 6.45) is 0.800. The maximum absolute atomic E-state index is 12.8. The molecule has 3 atom stereocenters. The third kappa shape index (κ3) is 5.37. The van der Waals surface area contributed by atoms with Crippen LogP contribution in [0.4, 0.5) is 0 Å². The van der Waals surface area contributed by atoms with Crippen molar-refractivity contribution in [2.75, 3.05) is 6.61 Å². The van der Waals surface area contributed by atoms with E-state index in [0.29, 0.717) is 18.4 Å². The molecule has 0 bridgehead atoms. The fourth-order valence-electron chi connectivity index (χ4n) is 2.82. The van der Waals surface area contributed by atoms with Crippen LogP contribution in [-0.2, 0) is 14.3 Å². The number of ether oxygens (including phenoxy) is 1. The highest BCUT2D eigenvalue weighted by atomic mass is 32.1. The Morgan fingerprint density at radius 1 is 1.40 bits per heavy atom. The minimum atomic E-state index is -0.710. The van der Waals surface area contributed by atoms with Crippen LogP contribution in [0.1, 0.15) is 50.9 Å². The lowest BCUT2D eigenvalue weighted by Crippen LogP contribution is -2.54. The van der Waals surface area contributed by atoms with Crippen LogP contribution in [0.3, 0.4) is 0 Å². The van der Waals surface area contributed by atoms with Gasteiger partial charge < -0.3 is 15.4 Å². The van der Waals surface area contributed by atoms with Crippen LogP contribution in [0.5, 0.6) is 0 Å². The Morgan fingerprint density at radius 2 is 2.12 bits per heavy atom. The van der Waals surface area contributed by atoms with Gasteiger partial charge in [-0.25, -0.2) is 0 Å². The van der Waals surface area contributed by atoms with E-state index in [0.717, 1.165) is 0 Å². The summed E-state index contributed by atoms with van der Waals surface area (Å²) in [5.41, 5.74) is 0.369. The number of amides is 2. The minimum Gasteiger partial charge on any atom is -0.368 e. The van der Waals surface area contributed by atoms with E-state index < -0.39 is 12.1 Å². The number of ketones is 1. The zero-order valence-corrected chi connectivity index (χ0v) is 15.9. The van der Waals surface area contributed by atoms with Gasteiger partial charge in [0.1, 0.15) is 18.7 Å². The molecular weight excluding hydrogens is 340 g/mol. The fraction of sp³-hybridized carbons (Fsp3) is 0.611. The van der Waals surface area contributed by atoms with Gasteiger partial charge in [0, 0.05) is 5.38 Å². The lowest BCUT2D eigenvalue weighted by molar-refractivity contribution is -0.128. The van der Waals surface area contributed by atoms with Gasteiger partial charge in [0.15, 0.2) is 5.78 Å². The van der Waals surface area contributed by atoms with Gasteiger partial charge >= 0.3 is 0 Å². The predicted molar refractivity (Wildman–Crippen MR) is 96.6 cm³/mol. The Morgan fingerprint density at radius 3 is 2.68 bits per heavy atom. The topological polar surface area (TPSA) is 84.5 Å². The molecule has 7 heteroatoms. The molecule has 2 amide bonds. The molecule has 1 aliphatic rings. The second kappa shape index (κ2) is 8.10. The molecule has 0 aromatic carbocycles. The summed E-state index contributed by atoms with van der Waals surface area (Å²) < 4.78 is 5.40. The third-order valence-corrected chi connectivity index (χ3v) is 4.76. The molecule has 0 spiro atoms. The second-order valence-electron chi connectivity index (χ2n) is 7.51. The molecule has 2 N–H and O–H groups in total. The number of hydrogen-bond donors (Lipinski definition) is 2. The van der Waals surface area contributed by atoms with Gasteiger partial charge in [-0.1, -0.05) is 27.7 Å². The molecule has 1 aromatic heterocycles. The molecule has 1 fully saturated rings. The summed E-state index contributed by atoms with van der Waals surface area (Å²) in [5.74, 6) is -0.758. The highest BCUT2D eigenvalue weighted by molar-refractivity contribution is 7.08. The molecule has 25 heavy (non-hydrogen) atoms. The van der Waals surface area contributed by atoms with Crippen LogP contribution in [0.15, 0.2) is 16.8 Å². The quantitative estimate of drug-likeness (QED) is 0.808. The molecular formula is C18H26N2O4S. The molecule has 2 heterocycles. The average Bonchev–Trinajstić information content (AvgIpc) is 3.16. The number of Topliss-reactive ketones (excluding diaryl/α,β-unsaturated/α-hetero) is 1. The van der Waals surface area contributed by atoms with Crippen molar-refractivity contribution in [1.82, 2.24) is 10.6 Å². The van der Waals surface area contributed by atoms with Gasteiger partial charge in [-0.05, 0) is 29.7 Å². The Bertz CT molecular complexity index is 622. The second-order valence-corrected chi connectivity index (χ2v) is 8.29. The molecule has 0 aliphatic carbocycles. The first-order valence-corrected chi connectivity index (χ1v) is 9.43. The van der Waals surface area contributed by atoms with Crippen molar-refractivity contribution in [3.63, 3.8) is 0 Å². The summed E-state index contributed by atoms with van der Waals surface area (Å²) in [7, 11) is 0. The zero-order valence-electron chi connectivity index (χ0n) is 15.1. The van der Waals surface area contributed by atoms with Crippen LogP contribution in [0.25, 0.3) is 0 Å². The largest absolute Gasteiger partial charge is 0.368 e. The highest BCUT2D eigenvalue weighted by Crippen LogP contribution is 2.22. The lowest BCUT2D eigenvalue weighted by atomic mass is 9.87. The monoisotopic (exact) mass is 366 g/mol. The van der Waals surface area contributed by atoms with Gasteiger partial charge in [-0.15, -0.1) is 0 Å². The standard InChI is InChI=1S/C18H26N2O4S/c1-5-14-15(13(21)9-24-14)20-17(23)12(8-18(2,3)4)19-16(22)11-6-7-25-10-11/h6-7,10,12,14-15H,5,8-9H2,1-4H3,(H,19,22)(H,20,23)/t12-,14-,15+/m0/s1. The SMILES string of the molecule is CC[C@@H]1OCC(=O)[C@H]1NC(=O)[C@H](CC(C)(C)C)NC(=O)c1ccsc1. The van der Waals surface area contributed by atoms with Gasteiger partial charge in [-0.3, -0.25) is 14.4 Å². The Kier molecular flexibility index (Phi) is 6.35. The molecule has 2 rings (SSSR count). The lowest BCUT2D eigenvalue weighted by Gasteiger charge is -2.27. The number of thiophene rings is 1. The van der Waals surface area contributed by atoms with Gasteiger partial charge in [0.05, 0.1) is 11.7 Å². The zero-order chi connectivity index (χ0) is 18.6. The Labute approximate surface area is 152 Å². The molecule has 0 radical (unpaired) electrons. The molecule has 0 saturated carbocycles. The van der Waals surface area contributed by atoms with Gasteiger partial charge in [0.2, 0.25) is 5.91 Å². The molecule has 1 aliphatic heterocycles. The van der Waals surface area contributed by atoms with Crippen molar-refractivity contribution < 1.29 is 19.1 Å². The summed E-state index contributed by atoms with van der Waals surface area (Å²) in [6.45, 7) is 7.94. The van der Waals surface area contributed by atoms with Crippen molar-refractivity contribution in [2.45, 2.75) is 58.7 Å². The molecule has 138 valence electrons. The first kappa shape index (κ1) is 19.6. The number of nitrogens with one attached hydrogen (secondary N) is 2. The molecule has 1 aromatic rings. The van der Waals surface area contributed by atoms with E-state index in [4.69, 9.17) is 4.74 Å². The first-order valence-electron chi connectivity index (χ1n) is 8.49. The minimum absolute atomic E-state index is 0.0225. The summed E-state index contributed by atoms with van der Waals surface area (Å²) >= 11 is 1.42. The van der Waals surface area contributed by atoms with E-state index in [2.05, 4.69) is 10.6 Å². The van der Waals surface area contributed by atoms with Gasteiger partial charge in [0.25, 0.3) is 5.91 Å². The van der Waals surface area contributed by atoms with Crippen molar-refractivity contribution in [1.29, 1.82) is 0 Å². The maximum atomic E-state index is 12.8. The first-order chi connectivity index (χ1) is 11.7. The van der Waals surface area contributed by atoms with Gasteiger partial charge in [-0.2, -0.15) is 11.3 Å². The van der Waals surface area contributed by atoms with E-state index in [1.54, 1.807) is 11.4 Å². The Hall–Kier alpha value is -1.73. The normalized spacial score (nSPS) is 21.8. The van der Waals surface area contributed by atoms with Crippen LogP contribution in [0, 0.1) is 5.41 Å². The number of carbonyl (C=O) groups is 3. The maximum Gasteiger partial charge on any atom is 0.252 e. The van der Waals surface area contributed by atoms with Crippen LogP contribution >= 0.6 is 11.3 Å². The molecule has 1 saturated heterocycles. The number of rotatable bonds is 6. The average molecular weight is 366 g/mol. The van der Waals surface area contributed by atoms with Crippen LogP contribution in [0.2, 0.25) is 0 Å². The number of hydrogen-bond acceptors (Lipinski definition) is 5. The van der Waals surface area contributed by atoms with E-state index in [-0.39, 0.29) is 35.7 Å². The predicted octanol–water partition coefficient (Wildman–Crippen LogP) is 2.15. The van der Waals surface area contributed by atoms with Crippen molar-refractivity contribution in [3.05, 3.63) is 22.4 Å². The molecule has 0 unspecified atom stereocenters. The van der Waals surface area contributed by atoms with E-state index in [1.807, 2.05) is 33.1 Å². The Balaban J connectivity index is 2.09. The van der Waals surface area contributed by atoms with Crippen molar-refractivity contribution >= 4 is 28.9 Å². The van der Waals surface area contributed by atoms with E-state index in [9.17, 15) is 14.4 Å². The summed E-state index contributed by atoms with van der Waals surface area (Å²) in [5, 5.41) is 9.13. The van der Waals surface area contributed by atoms with E-state index in [1.165, 1.54) is 11.3 Å². The smallest absolute Gasteiger partial charge is 0.252 e. The third-order valence-electron chi connectivity index (χ3n) is 4.08. The fourth-order valence-corrected chi connectivity index (χ4v) is 3.46. The number of carbonyl (C=O) groups excluding carboxylic acids is 3. The molecule has 6 nitrogen and oxygen atoms in total. The van der Waals surface area contributed by atoms with Crippen LogP contribution in [-0.4, -0.2) is 42.4 Å². The van der Waals surface area contributed by atoms with Crippen molar-refractivity contribution in [3.8, 4) is 0 Å². The summed E-state index contributed by atoms with van der Waals surface area (Å²) in [6, 6.07) is 0.365. The van der Waals surface area contributed by atoms with Crippen molar-refractivity contribution in [2.24, 2.45) is 5.41 Å². The summed E-state index contributed by atoms with van der Waals surface area (Å²) in [4.78, 5) is 37.1.